The summed E-state index contributed by atoms with van der Waals surface area (Å²) in [7, 11) is 1.98. The number of rotatable bonds is 14. The van der Waals surface area contributed by atoms with Gasteiger partial charge in [0.2, 0.25) is 0 Å². The lowest BCUT2D eigenvalue weighted by atomic mass is 9.87. The minimum absolute atomic E-state index is 0.155. The van der Waals surface area contributed by atoms with Crippen molar-refractivity contribution in [1.82, 2.24) is 19.6 Å². The first-order valence-corrected chi connectivity index (χ1v) is 17.7. The topological polar surface area (TPSA) is 70.8 Å². The maximum Gasteiger partial charge on any atom is 0.320 e. The van der Waals surface area contributed by atoms with E-state index in [9.17, 15) is 14.3 Å². The lowest BCUT2D eigenvalue weighted by Gasteiger charge is -2.35. The van der Waals surface area contributed by atoms with E-state index in [4.69, 9.17) is 9.84 Å². The molecule has 3 aromatic rings. The van der Waals surface area contributed by atoms with Gasteiger partial charge in [-0.3, -0.25) is 14.4 Å². The molecule has 256 valence electrons. The maximum atomic E-state index is 14.4. The van der Waals surface area contributed by atoms with Crippen LogP contribution in [0.5, 0.6) is 5.75 Å². The molecule has 4 atom stereocenters. The first-order valence-electron chi connectivity index (χ1n) is 17.7. The first-order chi connectivity index (χ1) is 22.5. The number of halogens is 1. The number of ether oxygens (including phenoxy) is 1. The second-order valence-electron chi connectivity index (χ2n) is 14.6. The summed E-state index contributed by atoms with van der Waals surface area (Å²) < 4.78 is 22.4. The first kappa shape index (κ1) is 35.1. The lowest BCUT2D eigenvalue weighted by Crippen LogP contribution is -2.45. The summed E-state index contributed by atoms with van der Waals surface area (Å²) in [4.78, 5) is 16.9. The fourth-order valence-electron chi connectivity index (χ4n) is 7.98. The zero-order valence-corrected chi connectivity index (χ0v) is 29.2. The van der Waals surface area contributed by atoms with Gasteiger partial charge in [-0.05, 0) is 132 Å². The van der Waals surface area contributed by atoms with E-state index in [1.807, 2.05) is 39.1 Å². The molecule has 2 aliphatic rings. The molecule has 7 nitrogen and oxygen atoms in total. The predicted molar refractivity (Wildman–Crippen MR) is 186 cm³/mol. The average molecular weight is 647 g/mol. The summed E-state index contributed by atoms with van der Waals surface area (Å²) in [5.41, 5.74) is 4.72. The van der Waals surface area contributed by atoms with Crippen LogP contribution in [0, 0.1) is 17.7 Å². The van der Waals surface area contributed by atoms with Crippen LogP contribution >= 0.6 is 0 Å². The summed E-state index contributed by atoms with van der Waals surface area (Å²) in [5, 5.41) is 15.0. The maximum absolute atomic E-state index is 14.4. The van der Waals surface area contributed by atoms with Crippen molar-refractivity contribution in [3.05, 3.63) is 82.9 Å². The molecule has 1 N–H and O–H groups in total. The molecule has 5 rings (SSSR count). The number of carboxylic acids is 1. The van der Waals surface area contributed by atoms with Gasteiger partial charge in [0.05, 0.1) is 11.8 Å². The van der Waals surface area contributed by atoms with Crippen molar-refractivity contribution in [1.29, 1.82) is 0 Å². The van der Waals surface area contributed by atoms with E-state index < -0.39 is 12.0 Å². The van der Waals surface area contributed by atoms with Gasteiger partial charge >= 0.3 is 5.97 Å². The fraction of sp³-hybridized carbons (Fsp3) is 0.590. The lowest BCUT2D eigenvalue weighted by molar-refractivity contribution is -0.144. The molecular weight excluding hydrogens is 591 g/mol. The SMILES string of the molecule is CCn1nc(Cc2ccc(OC(C)C)cc2)cc1C1CCN(CC2CC(N(C)[C@H](CC(C)C)C(=O)O)CC2c2cccc(F)c2)CC1. The third kappa shape index (κ3) is 9.02. The number of benzene rings is 2. The van der Waals surface area contributed by atoms with Gasteiger partial charge in [0.25, 0.3) is 0 Å². The van der Waals surface area contributed by atoms with Gasteiger partial charge in [-0.15, -0.1) is 0 Å². The molecule has 0 radical (unpaired) electrons. The summed E-state index contributed by atoms with van der Waals surface area (Å²) in [6.45, 7) is 14.3. The minimum atomic E-state index is -0.752. The van der Waals surface area contributed by atoms with Crippen LogP contribution < -0.4 is 4.74 Å². The molecule has 1 saturated carbocycles. The van der Waals surface area contributed by atoms with E-state index in [2.05, 4.69) is 59.5 Å². The molecule has 3 unspecified atom stereocenters. The number of aryl methyl sites for hydroxylation is 1. The molecule has 0 bridgehead atoms. The van der Waals surface area contributed by atoms with Gasteiger partial charge in [-0.25, -0.2) is 4.39 Å². The molecule has 8 heteroatoms. The predicted octanol–water partition coefficient (Wildman–Crippen LogP) is 7.59. The number of piperidine rings is 1. The van der Waals surface area contributed by atoms with Crippen molar-refractivity contribution in [2.24, 2.45) is 11.8 Å². The Morgan fingerprint density at radius 1 is 1.06 bits per heavy atom. The molecule has 0 spiro atoms. The van der Waals surface area contributed by atoms with Gasteiger partial charge in [0.1, 0.15) is 17.6 Å². The van der Waals surface area contributed by atoms with Crippen molar-refractivity contribution in [3.63, 3.8) is 0 Å². The van der Waals surface area contributed by atoms with E-state index >= 15 is 0 Å². The molecule has 1 aromatic heterocycles. The number of likely N-dealkylation sites (tertiary alicyclic amines) is 1. The largest absolute Gasteiger partial charge is 0.491 e. The Bertz CT molecular complexity index is 1450. The zero-order chi connectivity index (χ0) is 33.7. The molecule has 1 saturated heterocycles. The Morgan fingerprint density at radius 2 is 1.79 bits per heavy atom. The molecule has 0 amide bonds. The Labute approximate surface area is 281 Å². The summed E-state index contributed by atoms with van der Waals surface area (Å²) >= 11 is 0. The van der Waals surface area contributed by atoms with E-state index in [-0.39, 0.29) is 23.9 Å². The number of aliphatic carboxylic acids is 1. The molecule has 47 heavy (non-hydrogen) atoms. The van der Waals surface area contributed by atoms with Crippen LogP contribution in [-0.2, 0) is 17.8 Å². The third-order valence-electron chi connectivity index (χ3n) is 10.3. The van der Waals surface area contributed by atoms with Crippen molar-refractivity contribution in [2.75, 3.05) is 26.7 Å². The highest BCUT2D eigenvalue weighted by atomic mass is 19.1. The highest BCUT2D eigenvalue weighted by Gasteiger charge is 2.41. The second-order valence-corrected chi connectivity index (χ2v) is 14.6. The third-order valence-corrected chi connectivity index (χ3v) is 10.3. The molecule has 1 aliphatic heterocycles. The Balaban J connectivity index is 1.23. The smallest absolute Gasteiger partial charge is 0.320 e. The van der Waals surface area contributed by atoms with Gasteiger partial charge < -0.3 is 14.7 Å². The number of carbonyl (C=O) groups is 1. The van der Waals surface area contributed by atoms with Crippen LogP contribution in [0.3, 0.4) is 0 Å². The summed E-state index contributed by atoms with van der Waals surface area (Å²) in [6, 6.07) is 17.4. The highest BCUT2D eigenvalue weighted by Crippen LogP contribution is 2.43. The Morgan fingerprint density at radius 3 is 2.40 bits per heavy atom. The Kier molecular flexibility index (Phi) is 11.8. The molecular formula is C39H55FN4O3. The van der Waals surface area contributed by atoms with E-state index in [0.29, 0.717) is 24.2 Å². The van der Waals surface area contributed by atoms with Crippen LogP contribution in [0.2, 0.25) is 0 Å². The average Bonchev–Trinajstić information content (AvgIpc) is 3.64. The molecule has 1 aliphatic carbocycles. The van der Waals surface area contributed by atoms with Crippen LogP contribution in [0.1, 0.15) is 101 Å². The van der Waals surface area contributed by atoms with Crippen molar-refractivity contribution in [3.8, 4) is 5.75 Å². The van der Waals surface area contributed by atoms with Crippen LogP contribution in [0.25, 0.3) is 0 Å². The van der Waals surface area contributed by atoms with Crippen molar-refractivity contribution < 1.29 is 19.0 Å². The standard InChI is InChI=1S/C39H55FN4O3/c1-7-44-37(23-33(41-44)20-28-11-13-35(14-12-28)47-27(4)5)29-15-17-43(18-16-29)25-31-22-34(42(6)38(39(45)46)19-26(2)3)24-36(31)30-9-8-10-32(40)21-30/h8-14,21,23,26-27,29,31,34,36,38H,7,15-20,22,24-25H2,1-6H3,(H,45,46)/t31?,34?,36?,38-/m1/s1. The van der Waals surface area contributed by atoms with Crippen LogP contribution in [0.4, 0.5) is 4.39 Å². The van der Waals surface area contributed by atoms with E-state index in [1.54, 1.807) is 6.07 Å². The zero-order valence-electron chi connectivity index (χ0n) is 29.2. The van der Waals surface area contributed by atoms with Crippen molar-refractivity contribution >= 4 is 5.97 Å². The fourth-order valence-corrected chi connectivity index (χ4v) is 7.98. The van der Waals surface area contributed by atoms with Gasteiger partial charge in [-0.1, -0.05) is 38.1 Å². The molecule has 2 fully saturated rings. The number of carboxylic acid groups (broad SMARTS) is 1. The highest BCUT2D eigenvalue weighted by molar-refractivity contribution is 5.73. The molecule has 2 aromatic carbocycles. The molecule has 2 heterocycles. The Hall–Kier alpha value is -3.23. The van der Waals surface area contributed by atoms with Crippen molar-refractivity contribution in [2.45, 2.75) is 110 Å². The summed E-state index contributed by atoms with van der Waals surface area (Å²) in [6.07, 6.45) is 5.55. The number of aromatic nitrogens is 2. The monoisotopic (exact) mass is 646 g/mol. The number of nitrogens with zero attached hydrogens (tertiary/aromatic N) is 4. The van der Waals surface area contributed by atoms with Gasteiger partial charge in [0.15, 0.2) is 0 Å². The minimum Gasteiger partial charge on any atom is -0.491 e. The van der Waals surface area contributed by atoms with E-state index in [0.717, 1.165) is 75.3 Å². The summed E-state index contributed by atoms with van der Waals surface area (Å²) in [5.74, 6) is 1.27. The van der Waals surface area contributed by atoms with Crippen LogP contribution in [-0.4, -0.2) is 75.5 Å². The van der Waals surface area contributed by atoms with E-state index in [1.165, 1.54) is 17.3 Å². The van der Waals surface area contributed by atoms with Crippen LogP contribution in [0.15, 0.2) is 54.6 Å². The normalized spacial score (nSPS) is 21.6. The van der Waals surface area contributed by atoms with Gasteiger partial charge in [0, 0.05) is 37.2 Å². The second kappa shape index (κ2) is 15.8. The number of likely N-dealkylation sites (N-methyl/N-ethyl adjacent to an activating group) is 1. The quantitative estimate of drug-likeness (QED) is 0.195. The van der Waals surface area contributed by atoms with Gasteiger partial charge in [-0.2, -0.15) is 5.10 Å². The number of hydrogen-bond donors (Lipinski definition) is 1. The number of hydrogen-bond acceptors (Lipinski definition) is 5.